The van der Waals surface area contributed by atoms with Gasteiger partial charge in [-0.1, -0.05) is 0 Å². The molecule has 0 spiro atoms. The van der Waals surface area contributed by atoms with Crippen molar-refractivity contribution in [3.05, 3.63) is 40.7 Å². The highest BCUT2D eigenvalue weighted by Crippen LogP contribution is 2.24. The fourth-order valence-electron chi connectivity index (χ4n) is 1.83. The lowest BCUT2D eigenvalue weighted by Gasteiger charge is -2.06. The lowest BCUT2D eigenvalue weighted by molar-refractivity contribution is -0.143. The number of thiazole rings is 1. The van der Waals surface area contributed by atoms with E-state index in [0.717, 1.165) is 22.1 Å². The molecule has 2 rings (SSSR count). The lowest BCUT2D eigenvalue weighted by Crippen LogP contribution is -2.05. The van der Waals surface area contributed by atoms with E-state index < -0.39 is 0 Å². The molecule has 4 nitrogen and oxygen atoms in total. The minimum atomic E-state index is -0.257. The third-order valence-electron chi connectivity index (χ3n) is 2.87. The molecule has 0 saturated heterocycles. The van der Waals surface area contributed by atoms with Crippen LogP contribution in [-0.4, -0.2) is 17.6 Å². The Morgan fingerprint density at radius 2 is 2.29 bits per heavy atom. The second-order valence-electron chi connectivity index (χ2n) is 4.53. The van der Waals surface area contributed by atoms with Gasteiger partial charge in [-0.05, 0) is 37.6 Å². The third-order valence-corrected chi connectivity index (χ3v) is 3.68. The average Bonchev–Trinajstić information content (AvgIpc) is 2.88. The summed E-state index contributed by atoms with van der Waals surface area (Å²) in [4.78, 5) is 15.7. The normalized spacial score (nSPS) is 10.4. The second kappa shape index (κ2) is 7.17. The Hall–Kier alpha value is -1.95. The number of nitrogens with zero attached hydrogens (tertiary/aromatic N) is 1. The Kier molecular flexibility index (Phi) is 5.27. The number of esters is 1. The molecule has 6 heteroatoms. The van der Waals surface area contributed by atoms with Crippen LogP contribution in [0.4, 0.5) is 15.2 Å². The van der Waals surface area contributed by atoms with Crippen molar-refractivity contribution >= 4 is 28.1 Å². The Morgan fingerprint density at radius 3 is 3.00 bits per heavy atom. The molecule has 2 aromatic rings. The van der Waals surface area contributed by atoms with Crippen molar-refractivity contribution in [1.82, 2.24) is 4.98 Å². The zero-order chi connectivity index (χ0) is 15.2. The average molecular weight is 308 g/mol. The Bertz CT molecular complexity index is 628. The molecule has 0 saturated carbocycles. The molecule has 1 aromatic heterocycles. The molecule has 0 radical (unpaired) electrons. The van der Waals surface area contributed by atoms with E-state index in [-0.39, 0.29) is 11.8 Å². The van der Waals surface area contributed by atoms with E-state index in [2.05, 4.69) is 10.3 Å². The monoisotopic (exact) mass is 308 g/mol. The standard InChI is InChI=1S/C15H17FN2O2S/c1-3-20-14(19)7-5-12-9-21-15(17-12)18-13-6-4-11(16)8-10(13)2/h4,6,8-9H,3,5,7H2,1-2H3,(H,17,18). The van der Waals surface area contributed by atoms with Crippen LogP contribution in [0.3, 0.4) is 0 Å². The number of anilines is 2. The van der Waals surface area contributed by atoms with E-state index in [1.54, 1.807) is 13.0 Å². The van der Waals surface area contributed by atoms with Crippen LogP contribution in [-0.2, 0) is 16.0 Å². The molecular formula is C15H17FN2O2S. The van der Waals surface area contributed by atoms with Crippen molar-refractivity contribution in [1.29, 1.82) is 0 Å². The molecule has 0 atom stereocenters. The predicted molar refractivity (Wildman–Crippen MR) is 81.5 cm³/mol. The molecule has 1 aromatic carbocycles. The fourth-order valence-corrected chi connectivity index (χ4v) is 2.58. The van der Waals surface area contributed by atoms with E-state index in [1.807, 2.05) is 12.3 Å². The summed E-state index contributed by atoms with van der Waals surface area (Å²) in [7, 11) is 0. The second-order valence-corrected chi connectivity index (χ2v) is 5.39. The fraction of sp³-hybridized carbons (Fsp3) is 0.333. The number of ether oxygens (including phenoxy) is 1. The molecule has 1 heterocycles. The topological polar surface area (TPSA) is 51.2 Å². The summed E-state index contributed by atoms with van der Waals surface area (Å²) in [6.07, 6.45) is 0.881. The van der Waals surface area contributed by atoms with Crippen molar-refractivity contribution in [2.75, 3.05) is 11.9 Å². The highest BCUT2D eigenvalue weighted by atomic mass is 32.1. The molecule has 0 fully saturated rings. The van der Waals surface area contributed by atoms with Gasteiger partial charge in [-0.15, -0.1) is 11.3 Å². The molecule has 0 unspecified atom stereocenters. The zero-order valence-electron chi connectivity index (χ0n) is 12.0. The van der Waals surface area contributed by atoms with E-state index in [0.29, 0.717) is 19.4 Å². The van der Waals surface area contributed by atoms with Crippen LogP contribution in [0.5, 0.6) is 0 Å². The van der Waals surface area contributed by atoms with Crippen LogP contribution < -0.4 is 5.32 Å². The maximum atomic E-state index is 13.0. The molecule has 0 bridgehead atoms. The quantitative estimate of drug-likeness (QED) is 0.824. The molecular weight excluding hydrogens is 291 g/mol. The van der Waals surface area contributed by atoms with Gasteiger partial charge < -0.3 is 10.1 Å². The summed E-state index contributed by atoms with van der Waals surface area (Å²) in [5, 5.41) is 5.79. The van der Waals surface area contributed by atoms with Crippen molar-refractivity contribution in [2.45, 2.75) is 26.7 Å². The molecule has 1 N–H and O–H groups in total. The van der Waals surface area contributed by atoms with Crippen LogP contribution in [0.2, 0.25) is 0 Å². The molecule has 0 aliphatic rings. The summed E-state index contributed by atoms with van der Waals surface area (Å²) >= 11 is 1.45. The number of rotatable bonds is 6. The van der Waals surface area contributed by atoms with Gasteiger partial charge >= 0.3 is 5.97 Å². The first-order valence-corrected chi connectivity index (χ1v) is 7.59. The number of hydrogen-bond acceptors (Lipinski definition) is 5. The van der Waals surface area contributed by atoms with E-state index in [1.165, 1.54) is 23.5 Å². The van der Waals surface area contributed by atoms with Gasteiger partial charge in [0.15, 0.2) is 5.13 Å². The summed E-state index contributed by atoms with van der Waals surface area (Å²) in [5.74, 6) is -0.471. The maximum absolute atomic E-state index is 13.0. The van der Waals surface area contributed by atoms with Gasteiger partial charge in [-0.25, -0.2) is 9.37 Å². The van der Waals surface area contributed by atoms with Gasteiger partial charge in [0.25, 0.3) is 0 Å². The third kappa shape index (κ3) is 4.53. The predicted octanol–water partition coefficient (Wildman–Crippen LogP) is 3.83. The van der Waals surface area contributed by atoms with Gasteiger partial charge in [-0.3, -0.25) is 4.79 Å². The van der Waals surface area contributed by atoms with E-state index in [4.69, 9.17) is 4.74 Å². The Morgan fingerprint density at radius 1 is 1.48 bits per heavy atom. The Balaban J connectivity index is 1.95. The number of benzene rings is 1. The zero-order valence-corrected chi connectivity index (χ0v) is 12.8. The molecule has 112 valence electrons. The maximum Gasteiger partial charge on any atom is 0.306 e. The number of carbonyl (C=O) groups is 1. The first-order valence-electron chi connectivity index (χ1n) is 6.71. The van der Waals surface area contributed by atoms with Gasteiger partial charge in [0, 0.05) is 17.5 Å². The summed E-state index contributed by atoms with van der Waals surface area (Å²) < 4.78 is 17.9. The van der Waals surface area contributed by atoms with Gasteiger partial charge in [0.05, 0.1) is 18.7 Å². The molecule has 0 aliphatic carbocycles. The number of carbonyl (C=O) groups excluding carboxylic acids is 1. The molecule has 21 heavy (non-hydrogen) atoms. The highest BCUT2D eigenvalue weighted by molar-refractivity contribution is 7.13. The largest absolute Gasteiger partial charge is 0.466 e. The summed E-state index contributed by atoms with van der Waals surface area (Å²) in [6, 6.07) is 4.56. The number of hydrogen-bond donors (Lipinski definition) is 1. The molecule has 0 aliphatic heterocycles. The Labute approximate surface area is 127 Å². The van der Waals surface area contributed by atoms with E-state index >= 15 is 0 Å². The first kappa shape index (κ1) is 15.4. The van der Waals surface area contributed by atoms with Gasteiger partial charge in [-0.2, -0.15) is 0 Å². The summed E-state index contributed by atoms with van der Waals surface area (Å²) in [5.41, 5.74) is 2.48. The number of nitrogens with one attached hydrogen (secondary N) is 1. The van der Waals surface area contributed by atoms with Gasteiger partial charge in [0.1, 0.15) is 5.82 Å². The number of halogens is 1. The number of aromatic nitrogens is 1. The van der Waals surface area contributed by atoms with Crippen molar-refractivity contribution in [2.24, 2.45) is 0 Å². The SMILES string of the molecule is CCOC(=O)CCc1csc(Nc2ccc(F)cc2C)n1. The van der Waals surface area contributed by atoms with Crippen molar-refractivity contribution in [3.8, 4) is 0 Å². The van der Waals surface area contributed by atoms with Crippen LogP contribution in [0, 0.1) is 12.7 Å². The first-order chi connectivity index (χ1) is 10.1. The van der Waals surface area contributed by atoms with Crippen molar-refractivity contribution < 1.29 is 13.9 Å². The minimum Gasteiger partial charge on any atom is -0.466 e. The van der Waals surface area contributed by atoms with Crippen LogP contribution in [0.15, 0.2) is 23.6 Å². The van der Waals surface area contributed by atoms with Crippen LogP contribution in [0.25, 0.3) is 0 Å². The minimum absolute atomic E-state index is 0.214. The van der Waals surface area contributed by atoms with Gasteiger partial charge in [0.2, 0.25) is 0 Å². The smallest absolute Gasteiger partial charge is 0.306 e. The summed E-state index contributed by atoms with van der Waals surface area (Å²) in [6.45, 7) is 4.01. The number of aryl methyl sites for hydroxylation is 2. The lowest BCUT2D eigenvalue weighted by atomic mass is 10.2. The van der Waals surface area contributed by atoms with Crippen LogP contribution in [0.1, 0.15) is 24.6 Å². The van der Waals surface area contributed by atoms with Crippen LogP contribution >= 0.6 is 11.3 Å². The highest BCUT2D eigenvalue weighted by Gasteiger charge is 2.08. The molecule has 0 amide bonds. The van der Waals surface area contributed by atoms with E-state index in [9.17, 15) is 9.18 Å². The van der Waals surface area contributed by atoms with Crippen molar-refractivity contribution in [3.63, 3.8) is 0 Å².